The van der Waals surface area contributed by atoms with Crippen LogP contribution in [0.15, 0.2) is 4.99 Å². The molecule has 1 aliphatic heterocycles. The smallest absolute Gasteiger partial charge is 0.230 e. The Morgan fingerprint density at radius 2 is 2.50 bits per heavy atom. The molecule has 0 atom stereocenters. The lowest BCUT2D eigenvalue weighted by Crippen LogP contribution is -2.40. The molecule has 0 saturated heterocycles. The van der Waals surface area contributed by atoms with Crippen molar-refractivity contribution in [3.63, 3.8) is 0 Å². The van der Waals surface area contributed by atoms with Gasteiger partial charge in [0.15, 0.2) is 5.17 Å². The standard InChI is InChI=1S/C9H15N3OS/c13-8(12-7-2-1-3-7)6-14-9-10-4-5-11-9/h7H,1-6H2,(H,10,11)(H,12,13). The molecule has 5 heteroatoms. The second-order valence-corrected chi connectivity index (χ2v) is 4.56. The fourth-order valence-electron chi connectivity index (χ4n) is 1.43. The minimum absolute atomic E-state index is 0.135. The minimum Gasteiger partial charge on any atom is -0.363 e. The van der Waals surface area contributed by atoms with Crippen molar-refractivity contribution >= 4 is 22.8 Å². The third-order valence-electron chi connectivity index (χ3n) is 2.45. The lowest BCUT2D eigenvalue weighted by molar-refractivity contribution is -0.119. The zero-order chi connectivity index (χ0) is 9.80. The van der Waals surface area contributed by atoms with E-state index in [0.717, 1.165) is 31.1 Å². The highest BCUT2D eigenvalue weighted by Gasteiger charge is 2.19. The molecular formula is C9H15N3OS. The van der Waals surface area contributed by atoms with Crippen LogP contribution in [0.2, 0.25) is 0 Å². The third kappa shape index (κ3) is 2.64. The van der Waals surface area contributed by atoms with Crippen LogP contribution in [0.25, 0.3) is 0 Å². The quantitative estimate of drug-likeness (QED) is 0.711. The maximum absolute atomic E-state index is 11.4. The van der Waals surface area contributed by atoms with Crippen molar-refractivity contribution in [1.29, 1.82) is 0 Å². The Bertz CT molecular complexity index is 250. The molecular weight excluding hydrogens is 198 g/mol. The number of hydrogen-bond donors (Lipinski definition) is 2. The average Bonchev–Trinajstić information content (AvgIpc) is 2.60. The minimum atomic E-state index is 0.135. The molecule has 1 aliphatic carbocycles. The molecule has 78 valence electrons. The van der Waals surface area contributed by atoms with E-state index in [9.17, 15) is 4.79 Å². The first-order valence-corrected chi connectivity index (χ1v) is 6.03. The van der Waals surface area contributed by atoms with E-state index in [4.69, 9.17) is 0 Å². The summed E-state index contributed by atoms with van der Waals surface area (Å²) in [7, 11) is 0. The fraction of sp³-hybridized carbons (Fsp3) is 0.778. The van der Waals surface area contributed by atoms with Crippen LogP contribution < -0.4 is 10.6 Å². The van der Waals surface area contributed by atoms with Crippen LogP contribution in [-0.2, 0) is 4.79 Å². The van der Waals surface area contributed by atoms with Gasteiger partial charge in [-0.2, -0.15) is 0 Å². The number of nitrogens with zero attached hydrogens (tertiary/aromatic N) is 1. The first-order valence-electron chi connectivity index (χ1n) is 5.05. The Balaban J connectivity index is 1.61. The van der Waals surface area contributed by atoms with Gasteiger partial charge in [-0.05, 0) is 19.3 Å². The predicted molar refractivity (Wildman–Crippen MR) is 58.5 cm³/mol. The second-order valence-electron chi connectivity index (χ2n) is 3.60. The van der Waals surface area contributed by atoms with Crippen LogP contribution in [0.3, 0.4) is 0 Å². The van der Waals surface area contributed by atoms with Crippen LogP contribution in [0.1, 0.15) is 19.3 Å². The van der Waals surface area contributed by atoms with E-state index in [1.807, 2.05) is 0 Å². The highest BCUT2D eigenvalue weighted by molar-refractivity contribution is 8.14. The number of rotatable bonds is 3. The Hall–Kier alpha value is -0.710. The molecule has 0 unspecified atom stereocenters. The number of aliphatic imine (C=N–C) groups is 1. The van der Waals surface area contributed by atoms with Gasteiger partial charge < -0.3 is 10.6 Å². The summed E-state index contributed by atoms with van der Waals surface area (Å²) in [5, 5.41) is 7.03. The summed E-state index contributed by atoms with van der Waals surface area (Å²) < 4.78 is 0. The van der Waals surface area contributed by atoms with Crippen LogP contribution >= 0.6 is 11.8 Å². The Kier molecular flexibility index (Phi) is 3.29. The number of amides is 1. The van der Waals surface area contributed by atoms with Gasteiger partial charge in [0.25, 0.3) is 0 Å². The molecule has 1 fully saturated rings. The van der Waals surface area contributed by atoms with Gasteiger partial charge in [0.2, 0.25) is 5.91 Å². The van der Waals surface area contributed by atoms with Crippen molar-refractivity contribution in [2.45, 2.75) is 25.3 Å². The molecule has 1 saturated carbocycles. The second kappa shape index (κ2) is 4.68. The molecule has 0 spiro atoms. The van der Waals surface area contributed by atoms with Crippen molar-refractivity contribution in [3.05, 3.63) is 0 Å². The third-order valence-corrected chi connectivity index (χ3v) is 3.41. The van der Waals surface area contributed by atoms with Gasteiger partial charge in [0.05, 0.1) is 12.3 Å². The first kappa shape index (κ1) is 9.83. The van der Waals surface area contributed by atoms with E-state index in [0.29, 0.717) is 11.8 Å². The van der Waals surface area contributed by atoms with E-state index in [2.05, 4.69) is 15.6 Å². The van der Waals surface area contributed by atoms with Crippen molar-refractivity contribution in [2.75, 3.05) is 18.8 Å². The van der Waals surface area contributed by atoms with Gasteiger partial charge in [-0.1, -0.05) is 11.8 Å². The van der Waals surface area contributed by atoms with E-state index >= 15 is 0 Å². The molecule has 2 rings (SSSR count). The molecule has 1 amide bonds. The van der Waals surface area contributed by atoms with E-state index in [1.165, 1.54) is 18.2 Å². The van der Waals surface area contributed by atoms with E-state index in [-0.39, 0.29) is 5.91 Å². The molecule has 0 aromatic heterocycles. The molecule has 0 aromatic carbocycles. The van der Waals surface area contributed by atoms with Crippen molar-refractivity contribution in [3.8, 4) is 0 Å². The van der Waals surface area contributed by atoms with Crippen molar-refractivity contribution in [1.82, 2.24) is 10.6 Å². The maximum atomic E-state index is 11.4. The lowest BCUT2D eigenvalue weighted by Gasteiger charge is -2.26. The normalized spacial score (nSPS) is 21.0. The molecule has 1 heterocycles. The van der Waals surface area contributed by atoms with E-state index < -0.39 is 0 Å². The predicted octanol–water partition coefficient (Wildman–Crippen LogP) is 0.347. The molecule has 4 nitrogen and oxygen atoms in total. The lowest BCUT2D eigenvalue weighted by atomic mass is 9.93. The number of thioether (sulfide) groups is 1. The van der Waals surface area contributed by atoms with Crippen LogP contribution in [0.4, 0.5) is 0 Å². The molecule has 0 radical (unpaired) electrons. The first-order chi connectivity index (χ1) is 6.84. The SMILES string of the molecule is O=C(CSC1=NCCN1)NC1CCC1. The van der Waals surface area contributed by atoms with Gasteiger partial charge >= 0.3 is 0 Å². The number of nitrogens with one attached hydrogen (secondary N) is 2. The molecule has 0 aromatic rings. The zero-order valence-corrected chi connectivity index (χ0v) is 8.90. The summed E-state index contributed by atoms with van der Waals surface area (Å²) in [4.78, 5) is 15.6. The van der Waals surface area contributed by atoms with Crippen molar-refractivity contribution < 1.29 is 4.79 Å². The van der Waals surface area contributed by atoms with Crippen LogP contribution in [0.5, 0.6) is 0 Å². The zero-order valence-electron chi connectivity index (χ0n) is 8.08. The topological polar surface area (TPSA) is 53.5 Å². The van der Waals surface area contributed by atoms with Gasteiger partial charge in [0, 0.05) is 12.6 Å². The largest absolute Gasteiger partial charge is 0.363 e. The highest BCUT2D eigenvalue weighted by atomic mass is 32.2. The summed E-state index contributed by atoms with van der Waals surface area (Å²) in [5.41, 5.74) is 0. The summed E-state index contributed by atoms with van der Waals surface area (Å²) in [6.45, 7) is 1.75. The van der Waals surface area contributed by atoms with Gasteiger partial charge in [0.1, 0.15) is 0 Å². The molecule has 2 N–H and O–H groups in total. The van der Waals surface area contributed by atoms with Gasteiger partial charge in [-0.25, -0.2) is 0 Å². The highest BCUT2D eigenvalue weighted by Crippen LogP contribution is 2.18. The average molecular weight is 213 g/mol. The Morgan fingerprint density at radius 1 is 1.64 bits per heavy atom. The van der Waals surface area contributed by atoms with Crippen LogP contribution in [-0.4, -0.2) is 36.0 Å². The fourth-order valence-corrected chi connectivity index (χ4v) is 2.17. The Labute approximate surface area is 87.9 Å². The summed E-state index contributed by atoms with van der Waals surface area (Å²) in [6, 6.07) is 0.446. The number of hydrogen-bond acceptors (Lipinski definition) is 4. The van der Waals surface area contributed by atoms with Gasteiger partial charge in [-0.3, -0.25) is 9.79 Å². The monoisotopic (exact) mass is 213 g/mol. The number of amidine groups is 1. The summed E-state index contributed by atoms with van der Waals surface area (Å²) in [6.07, 6.45) is 3.55. The maximum Gasteiger partial charge on any atom is 0.230 e. The van der Waals surface area contributed by atoms with Crippen LogP contribution in [0, 0.1) is 0 Å². The number of carbonyl (C=O) groups is 1. The molecule has 0 bridgehead atoms. The Morgan fingerprint density at radius 3 is 3.07 bits per heavy atom. The molecule has 2 aliphatic rings. The van der Waals surface area contributed by atoms with Gasteiger partial charge in [-0.15, -0.1) is 0 Å². The summed E-state index contributed by atoms with van der Waals surface area (Å²) >= 11 is 1.50. The van der Waals surface area contributed by atoms with Crippen molar-refractivity contribution in [2.24, 2.45) is 4.99 Å². The molecule has 14 heavy (non-hydrogen) atoms. The number of carbonyl (C=O) groups excluding carboxylic acids is 1. The van der Waals surface area contributed by atoms with E-state index in [1.54, 1.807) is 0 Å². The summed E-state index contributed by atoms with van der Waals surface area (Å²) in [5.74, 6) is 0.624.